The molecule has 0 saturated carbocycles. The lowest BCUT2D eigenvalue weighted by Crippen LogP contribution is -2.16. The zero-order valence-corrected chi connectivity index (χ0v) is 16.9. The number of rotatable bonds is 10. The summed E-state index contributed by atoms with van der Waals surface area (Å²) in [6, 6.07) is 5.67. The number of hydrogen-bond donors (Lipinski definition) is 1. The van der Waals surface area contributed by atoms with Gasteiger partial charge in [-0.1, -0.05) is 0 Å². The smallest absolute Gasteiger partial charge is 0.232 e. The fourth-order valence-electron chi connectivity index (χ4n) is 2.57. The fraction of sp³-hybridized carbons (Fsp3) is 0.400. The van der Waals surface area contributed by atoms with Crippen LogP contribution in [0.4, 0.5) is 5.88 Å². The third-order valence-electron chi connectivity index (χ3n) is 3.92. The van der Waals surface area contributed by atoms with Crippen molar-refractivity contribution < 1.29 is 18.6 Å². The fourth-order valence-corrected chi connectivity index (χ4v) is 2.57. The Labute approximate surface area is 165 Å². The van der Waals surface area contributed by atoms with Crippen LogP contribution in [-0.2, 0) is 0 Å². The standard InChI is InChI=1S/C20H26N4O4/c1-24(2)10-6-9-22-20-15(13-21)23-18(28-20)8-7-14-11-16(25-3)19(27-5)17(12-14)26-4/h7-8,11-12,22H,6,9-10H2,1-5H3. The van der Waals surface area contributed by atoms with E-state index in [-0.39, 0.29) is 5.69 Å². The Hall–Kier alpha value is -3.18. The van der Waals surface area contributed by atoms with Crippen LogP contribution < -0.4 is 19.5 Å². The predicted octanol–water partition coefficient (Wildman–Crippen LogP) is 3.11. The van der Waals surface area contributed by atoms with Crippen molar-refractivity contribution in [1.29, 1.82) is 5.26 Å². The maximum atomic E-state index is 9.26. The summed E-state index contributed by atoms with van der Waals surface area (Å²) in [5.41, 5.74) is 1.04. The average Bonchev–Trinajstić information content (AvgIpc) is 3.10. The monoisotopic (exact) mass is 386 g/mol. The van der Waals surface area contributed by atoms with Crippen LogP contribution in [0.5, 0.6) is 17.2 Å². The van der Waals surface area contributed by atoms with Gasteiger partial charge in [-0.05, 0) is 50.8 Å². The number of hydrogen-bond acceptors (Lipinski definition) is 8. The van der Waals surface area contributed by atoms with Gasteiger partial charge in [0.15, 0.2) is 11.5 Å². The van der Waals surface area contributed by atoms with E-state index in [1.807, 2.05) is 32.3 Å². The third-order valence-corrected chi connectivity index (χ3v) is 3.92. The van der Waals surface area contributed by atoms with E-state index in [0.29, 0.717) is 35.6 Å². The minimum atomic E-state index is 0.231. The molecule has 28 heavy (non-hydrogen) atoms. The first-order valence-electron chi connectivity index (χ1n) is 8.80. The molecule has 0 aliphatic rings. The number of aromatic nitrogens is 1. The minimum Gasteiger partial charge on any atom is -0.493 e. The topological polar surface area (TPSA) is 92.8 Å². The van der Waals surface area contributed by atoms with Gasteiger partial charge in [-0.3, -0.25) is 0 Å². The summed E-state index contributed by atoms with van der Waals surface area (Å²) in [6.07, 6.45) is 4.41. The maximum Gasteiger partial charge on any atom is 0.232 e. The Morgan fingerprint density at radius 3 is 2.36 bits per heavy atom. The van der Waals surface area contributed by atoms with Gasteiger partial charge >= 0.3 is 0 Å². The Morgan fingerprint density at radius 2 is 1.82 bits per heavy atom. The van der Waals surface area contributed by atoms with E-state index in [1.165, 1.54) is 0 Å². The van der Waals surface area contributed by atoms with Crippen LogP contribution >= 0.6 is 0 Å². The summed E-state index contributed by atoms with van der Waals surface area (Å²) in [7, 11) is 8.71. The molecule has 8 heteroatoms. The van der Waals surface area contributed by atoms with Crippen molar-refractivity contribution in [2.45, 2.75) is 6.42 Å². The van der Waals surface area contributed by atoms with Crippen LogP contribution in [0.3, 0.4) is 0 Å². The molecule has 0 spiro atoms. The molecule has 0 radical (unpaired) electrons. The van der Waals surface area contributed by atoms with Gasteiger partial charge in [0.2, 0.25) is 23.2 Å². The minimum absolute atomic E-state index is 0.231. The number of nitriles is 1. The highest BCUT2D eigenvalue weighted by Gasteiger charge is 2.13. The summed E-state index contributed by atoms with van der Waals surface area (Å²) in [5.74, 6) is 2.34. The van der Waals surface area contributed by atoms with Gasteiger partial charge in [0, 0.05) is 12.6 Å². The number of nitrogens with one attached hydrogen (secondary N) is 1. The van der Waals surface area contributed by atoms with Crippen LogP contribution in [0.15, 0.2) is 16.5 Å². The summed E-state index contributed by atoms with van der Waals surface area (Å²) in [6.45, 7) is 1.63. The number of methoxy groups -OCH3 is 3. The molecular formula is C20H26N4O4. The first-order chi connectivity index (χ1) is 13.5. The van der Waals surface area contributed by atoms with Crippen molar-refractivity contribution in [3.8, 4) is 23.3 Å². The summed E-state index contributed by atoms with van der Waals surface area (Å²) < 4.78 is 21.7. The molecule has 0 bridgehead atoms. The average molecular weight is 386 g/mol. The molecule has 8 nitrogen and oxygen atoms in total. The molecule has 0 saturated heterocycles. The van der Waals surface area contributed by atoms with Crippen LogP contribution in [0, 0.1) is 11.3 Å². The van der Waals surface area contributed by atoms with Gasteiger partial charge in [0.05, 0.1) is 21.3 Å². The largest absolute Gasteiger partial charge is 0.493 e. The second kappa shape index (κ2) is 10.2. The van der Waals surface area contributed by atoms with E-state index in [2.05, 4.69) is 15.2 Å². The molecule has 0 aliphatic heterocycles. The zero-order valence-electron chi connectivity index (χ0n) is 16.9. The molecule has 1 heterocycles. The van der Waals surface area contributed by atoms with Gasteiger partial charge in [-0.15, -0.1) is 0 Å². The first-order valence-corrected chi connectivity index (χ1v) is 8.80. The predicted molar refractivity (Wildman–Crippen MR) is 108 cm³/mol. The van der Waals surface area contributed by atoms with E-state index in [9.17, 15) is 5.26 Å². The van der Waals surface area contributed by atoms with E-state index in [4.69, 9.17) is 18.6 Å². The van der Waals surface area contributed by atoms with Crippen molar-refractivity contribution in [3.05, 3.63) is 29.3 Å². The number of benzene rings is 1. The van der Waals surface area contributed by atoms with Crippen molar-refractivity contribution >= 4 is 18.0 Å². The molecule has 0 unspecified atom stereocenters. The van der Waals surface area contributed by atoms with Gasteiger partial charge in [0.1, 0.15) is 6.07 Å². The Kier molecular flexibility index (Phi) is 7.72. The van der Waals surface area contributed by atoms with Crippen molar-refractivity contribution in [2.75, 3.05) is 53.8 Å². The Morgan fingerprint density at radius 1 is 1.14 bits per heavy atom. The van der Waals surface area contributed by atoms with Crippen LogP contribution in [0.2, 0.25) is 0 Å². The van der Waals surface area contributed by atoms with Crippen molar-refractivity contribution in [2.24, 2.45) is 0 Å². The lowest BCUT2D eigenvalue weighted by Gasteiger charge is -2.12. The Balaban J connectivity index is 2.17. The lowest BCUT2D eigenvalue weighted by atomic mass is 10.1. The molecule has 1 N–H and O–H groups in total. The first kappa shape index (κ1) is 21.1. The molecule has 0 aliphatic carbocycles. The third kappa shape index (κ3) is 5.41. The van der Waals surface area contributed by atoms with E-state index < -0.39 is 0 Å². The molecule has 2 aromatic rings. The highest BCUT2D eigenvalue weighted by atomic mass is 16.5. The SMILES string of the molecule is COc1cc(C=Cc2nc(C#N)c(NCCCN(C)C)o2)cc(OC)c1OC. The van der Waals surface area contributed by atoms with E-state index in [0.717, 1.165) is 18.5 Å². The summed E-state index contributed by atoms with van der Waals surface area (Å²) in [5, 5.41) is 12.4. The second-order valence-corrected chi connectivity index (χ2v) is 6.22. The quantitative estimate of drug-likeness (QED) is 0.623. The number of nitrogens with zero attached hydrogens (tertiary/aromatic N) is 3. The van der Waals surface area contributed by atoms with Gasteiger partial charge < -0.3 is 28.8 Å². The molecule has 0 atom stereocenters. The van der Waals surface area contributed by atoms with Crippen LogP contribution in [0.25, 0.3) is 12.2 Å². The molecule has 150 valence electrons. The summed E-state index contributed by atoms with van der Waals surface area (Å²) in [4.78, 5) is 6.30. The number of anilines is 1. The molecule has 1 aromatic carbocycles. The van der Waals surface area contributed by atoms with E-state index >= 15 is 0 Å². The highest BCUT2D eigenvalue weighted by molar-refractivity contribution is 5.71. The highest BCUT2D eigenvalue weighted by Crippen LogP contribution is 2.38. The van der Waals surface area contributed by atoms with E-state index in [1.54, 1.807) is 33.5 Å². The number of ether oxygens (including phenoxy) is 3. The van der Waals surface area contributed by atoms with Gasteiger partial charge in [0.25, 0.3) is 0 Å². The van der Waals surface area contributed by atoms with Crippen molar-refractivity contribution in [3.63, 3.8) is 0 Å². The normalized spacial score (nSPS) is 10.9. The van der Waals surface area contributed by atoms with Crippen LogP contribution in [0.1, 0.15) is 23.6 Å². The molecule has 2 rings (SSSR count). The molecular weight excluding hydrogens is 360 g/mol. The molecule has 0 amide bonds. The summed E-state index contributed by atoms with van der Waals surface area (Å²) >= 11 is 0. The lowest BCUT2D eigenvalue weighted by molar-refractivity contribution is 0.324. The van der Waals surface area contributed by atoms with Gasteiger partial charge in [-0.25, -0.2) is 0 Å². The number of oxazole rings is 1. The van der Waals surface area contributed by atoms with Crippen LogP contribution in [-0.4, -0.2) is 58.4 Å². The Bertz CT molecular complexity index is 827. The molecule has 1 aromatic heterocycles. The molecule has 0 fully saturated rings. The van der Waals surface area contributed by atoms with Crippen molar-refractivity contribution in [1.82, 2.24) is 9.88 Å². The maximum absolute atomic E-state index is 9.26. The second-order valence-electron chi connectivity index (χ2n) is 6.22. The van der Waals surface area contributed by atoms with Gasteiger partial charge in [-0.2, -0.15) is 10.2 Å². The zero-order chi connectivity index (χ0) is 20.5.